The molecular formula is C24H24Cl2N4O3S. The molecule has 178 valence electrons. The summed E-state index contributed by atoms with van der Waals surface area (Å²) >= 11 is 13.6. The average Bonchev–Trinajstić information content (AvgIpc) is 3.24. The molecule has 3 aromatic rings. The predicted molar refractivity (Wildman–Crippen MR) is 135 cm³/mol. The molecule has 1 unspecified atom stereocenters. The summed E-state index contributed by atoms with van der Waals surface area (Å²) in [6.45, 7) is 4.29. The van der Waals surface area contributed by atoms with Crippen molar-refractivity contribution in [3.8, 4) is 5.75 Å². The van der Waals surface area contributed by atoms with Crippen LogP contribution in [0.2, 0.25) is 10.0 Å². The molecule has 0 amide bonds. The number of fused-ring (bicyclic) bond motifs is 1. The van der Waals surface area contributed by atoms with Crippen LogP contribution in [0.4, 0.5) is 5.95 Å². The van der Waals surface area contributed by atoms with E-state index in [1.807, 2.05) is 37.3 Å². The fraction of sp³-hybridized carbons (Fsp3) is 0.292. The van der Waals surface area contributed by atoms with Crippen molar-refractivity contribution >= 4 is 46.9 Å². The van der Waals surface area contributed by atoms with Crippen LogP contribution in [0.3, 0.4) is 0 Å². The van der Waals surface area contributed by atoms with E-state index in [1.165, 1.54) is 7.11 Å². The number of thioether (sulfide) groups is 1. The molecule has 1 aliphatic heterocycles. The monoisotopic (exact) mass is 518 g/mol. The van der Waals surface area contributed by atoms with Crippen LogP contribution >= 0.6 is 35.0 Å². The summed E-state index contributed by atoms with van der Waals surface area (Å²) in [5.41, 5.74) is 2.94. The Bertz CT molecular complexity index is 1230. The molecule has 0 spiro atoms. The molecule has 2 aromatic carbocycles. The molecule has 4 rings (SSSR count). The fourth-order valence-corrected chi connectivity index (χ4v) is 4.61. The first-order chi connectivity index (χ1) is 16.4. The molecule has 1 atom stereocenters. The van der Waals surface area contributed by atoms with Gasteiger partial charge in [-0.2, -0.15) is 4.98 Å². The van der Waals surface area contributed by atoms with E-state index in [0.29, 0.717) is 44.8 Å². The van der Waals surface area contributed by atoms with Crippen molar-refractivity contribution in [1.82, 2.24) is 14.8 Å². The van der Waals surface area contributed by atoms with Crippen LogP contribution in [0.25, 0.3) is 0 Å². The van der Waals surface area contributed by atoms with Gasteiger partial charge < -0.3 is 14.8 Å². The molecule has 34 heavy (non-hydrogen) atoms. The lowest BCUT2D eigenvalue weighted by molar-refractivity contribution is -0.136. The predicted octanol–water partition coefficient (Wildman–Crippen LogP) is 6.13. The number of esters is 1. The third kappa shape index (κ3) is 5.19. The van der Waals surface area contributed by atoms with Gasteiger partial charge in [-0.1, -0.05) is 60.1 Å². The second-order valence-electron chi connectivity index (χ2n) is 7.67. The maximum atomic E-state index is 12.7. The minimum absolute atomic E-state index is 0.348. The van der Waals surface area contributed by atoms with Gasteiger partial charge in [0.1, 0.15) is 18.4 Å². The van der Waals surface area contributed by atoms with E-state index in [0.717, 1.165) is 23.3 Å². The van der Waals surface area contributed by atoms with E-state index in [2.05, 4.69) is 22.3 Å². The van der Waals surface area contributed by atoms with Gasteiger partial charge in [0.05, 0.1) is 22.7 Å². The highest BCUT2D eigenvalue weighted by Crippen LogP contribution is 2.37. The Hall–Kier alpha value is -2.68. The number of allylic oxidation sites excluding steroid dienone is 1. The Morgan fingerprint density at radius 1 is 1.18 bits per heavy atom. The molecule has 0 radical (unpaired) electrons. The third-order valence-corrected chi connectivity index (χ3v) is 7.04. The number of anilines is 1. The molecule has 1 aromatic heterocycles. The standard InChI is InChI=1S/C24H24Cl2N4O3S/c1-4-11-34-24-28-23-27-14(2)20(22(31)32-3)21(30(23)29-24)16-6-8-17(9-7-16)33-13-15-5-10-18(25)19(26)12-15/h5-10,12,21H,4,11,13H2,1-3H3,(H,27,28,29). The largest absolute Gasteiger partial charge is 0.489 e. The molecule has 1 aliphatic rings. The number of benzene rings is 2. The number of carbonyl (C=O) groups excluding carboxylic acids is 1. The normalized spacial score (nSPS) is 15.0. The van der Waals surface area contributed by atoms with Gasteiger partial charge in [0.2, 0.25) is 11.1 Å². The Balaban J connectivity index is 1.60. The molecule has 10 heteroatoms. The zero-order valence-electron chi connectivity index (χ0n) is 19.0. The van der Waals surface area contributed by atoms with Crippen molar-refractivity contribution in [2.75, 3.05) is 18.2 Å². The summed E-state index contributed by atoms with van der Waals surface area (Å²) in [5.74, 6) is 1.77. The van der Waals surface area contributed by atoms with Crippen molar-refractivity contribution in [1.29, 1.82) is 0 Å². The van der Waals surface area contributed by atoms with Gasteiger partial charge in [0, 0.05) is 11.4 Å². The number of ether oxygens (including phenoxy) is 2. The molecule has 0 saturated carbocycles. The van der Waals surface area contributed by atoms with Crippen LogP contribution in [0.15, 0.2) is 58.9 Å². The van der Waals surface area contributed by atoms with Gasteiger partial charge in [-0.05, 0) is 48.7 Å². The van der Waals surface area contributed by atoms with Crippen LogP contribution in [0.5, 0.6) is 5.75 Å². The summed E-state index contributed by atoms with van der Waals surface area (Å²) in [5, 5.41) is 9.52. The van der Waals surface area contributed by atoms with Crippen LogP contribution in [-0.2, 0) is 16.1 Å². The highest BCUT2D eigenvalue weighted by molar-refractivity contribution is 7.99. The zero-order chi connectivity index (χ0) is 24.2. The smallest absolute Gasteiger partial charge is 0.338 e. The van der Waals surface area contributed by atoms with E-state index < -0.39 is 12.0 Å². The van der Waals surface area contributed by atoms with E-state index in [9.17, 15) is 4.79 Å². The molecule has 1 N–H and O–H groups in total. The van der Waals surface area contributed by atoms with Gasteiger partial charge in [-0.15, -0.1) is 5.10 Å². The van der Waals surface area contributed by atoms with Crippen molar-refractivity contribution in [3.05, 3.63) is 74.9 Å². The number of aromatic nitrogens is 3. The van der Waals surface area contributed by atoms with Crippen LogP contribution in [0.1, 0.15) is 37.4 Å². The van der Waals surface area contributed by atoms with Gasteiger partial charge in [-0.3, -0.25) is 0 Å². The highest BCUT2D eigenvalue weighted by atomic mass is 35.5. The molecule has 0 bridgehead atoms. The highest BCUT2D eigenvalue weighted by Gasteiger charge is 2.35. The Labute approximate surface area is 212 Å². The molecule has 0 saturated heterocycles. The molecular weight excluding hydrogens is 495 g/mol. The van der Waals surface area contributed by atoms with Crippen molar-refractivity contribution < 1.29 is 14.3 Å². The summed E-state index contributed by atoms with van der Waals surface area (Å²) in [7, 11) is 1.37. The number of hydrogen-bond donors (Lipinski definition) is 1. The Kier molecular flexibility index (Phi) is 7.70. The first-order valence-electron chi connectivity index (χ1n) is 10.7. The van der Waals surface area contributed by atoms with E-state index >= 15 is 0 Å². The maximum absolute atomic E-state index is 12.7. The van der Waals surface area contributed by atoms with Crippen LogP contribution in [0, 0.1) is 0 Å². The molecule has 0 aliphatic carbocycles. The quantitative estimate of drug-likeness (QED) is 0.283. The van der Waals surface area contributed by atoms with Crippen molar-refractivity contribution in [2.24, 2.45) is 0 Å². The summed E-state index contributed by atoms with van der Waals surface area (Å²) < 4.78 is 12.7. The Morgan fingerprint density at radius 3 is 2.62 bits per heavy atom. The van der Waals surface area contributed by atoms with Gasteiger partial charge in [0.25, 0.3) is 0 Å². The maximum Gasteiger partial charge on any atom is 0.338 e. The van der Waals surface area contributed by atoms with Crippen LogP contribution in [-0.4, -0.2) is 33.6 Å². The van der Waals surface area contributed by atoms with Crippen LogP contribution < -0.4 is 10.1 Å². The number of carbonyl (C=O) groups is 1. The van der Waals surface area contributed by atoms with E-state index in [4.69, 9.17) is 32.7 Å². The number of hydrogen-bond acceptors (Lipinski definition) is 7. The first-order valence-corrected chi connectivity index (χ1v) is 12.5. The molecule has 0 fully saturated rings. The van der Waals surface area contributed by atoms with Crippen molar-refractivity contribution in [3.63, 3.8) is 0 Å². The first kappa shape index (κ1) is 24.4. The third-order valence-electron chi connectivity index (χ3n) is 5.26. The second kappa shape index (κ2) is 10.7. The topological polar surface area (TPSA) is 78.3 Å². The zero-order valence-corrected chi connectivity index (χ0v) is 21.3. The SMILES string of the molecule is CCCSc1nc2n(n1)C(c1ccc(OCc3ccc(Cl)c(Cl)c3)cc1)C(C(=O)OC)=C(C)N2. The number of nitrogens with one attached hydrogen (secondary N) is 1. The Morgan fingerprint density at radius 2 is 1.94 bits per heavy atom. The van der Waals surface area contributed by atoms with E-state index in [-0.39, 0.29) is 0 Å². The number of halogens is 2. The summed E-state index contributed by atoms with van der Waals surface area (Å²) in [6, 6.07) is 12.5. The van der Waals surface area contributed by atoms with Gasteiger partial charge in [0.15, 0.2) is 0 Å². The number of methoxy groups -OCH3 is 1. The summed E-state index contributed by atoms with van der Waals surface area (Å²) in [6.07, 6.45) is 1.01. The van der Waals surface area contributed by atoms with Crippen molar-refractivity contribution in [2.45, 2.75) is 38.1 Å². The second-order valence-corrected chi connectivity index (χ2v) is 9.55. The summed E-state index contributed by atoms with van der Waals surface area (Å²) in [4.78, 5) is 17.3. The van der Waals surface area contributed by atoms with Gasteiger partial charge in [-0.25, -0.2) is 9.48 Å². The lowest BCUT2D eigenvalue weighted by Gasteiger charge is -2.27. The van der Waals surface area contributed by atoms with Gasteiger partial charge >= 0.3 is 5.97 Å². The van der Waals surface area contributed by atoms with E-state index in [1.54, 1.807) is 28.6 Å². The minimum Gasteiger partial charge on any atom is -0.489 e. The number of rotatable bonds is 8. The lowest BCUT2D eigenvalue weighted by atomic mass is 9.96. The lowest BCUT2D eigenvalue weighted by Crippen LogP contribution is -2.29. The average molecular weight is 519 g/mol. The molecule has 7 nitrogen and oxygen atoms in total. The molecule has 2 heterocycles. The number of nitrogens with zero attached hydrogens (tertiary/aromatic N) is 3. The fourth-order valence-electron chi connectivity index (χ4n) is 3.61. The minimum atomic E-state index is -0.476.